The van der Waals surface area contributed by atoms with Crippen LogP contribution in [-0.4, -0.2) is 27.8 Å². The van der Waals surface area contributed by atoms with Gasteiger partial charge in [-0.1, -0.05) is 0 Å². The number of nitrogens with one attached hydrogen (secondary N) is 1. The fourth-order valence-electron chi connectivity index (χ4n) is 1.95. The molecule has 24 heavy (non-hydrogen) atoms. The minimum absolute atomic E-state index is 0.0650. The molecule has 126 valence electrons. The Bertz CT molecular complexity index is 824. The van der Waals surface area contributed by atoms with Gasteiger partial charge < -0.3 is 9.15 Å². The van der Waals surface area contributed by atoms with Gasteiger partial charge in [-0.25, -0.2) is 9.78 Å². The zero-order valence-electron chi connectivity index (χ0n) is 12.0. The number of carbonyl (C=O) groups excluding carboxylic acids is 1. The lowest BCUT2D eigenvalue weighted by Crippen LogP contribution is -2.12. The van der Waals surface area contributed by atoms with Gasteiger partial charge in [0.1, 0.15) is 5.69 Å². The van der Waals surface area contributed by atoms with Crippen LogP contribution in [0, 0.1) is 0 Å². The molecule has 3 heterocycles. The Morgan fingerprint density at radius 3 is 2.96 bits per heavy atom. The third-order valence-electron chi connectivity index (χ3n) is 3.05. The molecule has 0 unspecified atom stereocenters. The summed E-state index contributed by atoms with van der Waals surface area (Å²) in [5.74, 6) is -0.187. The van der Waals surface area contributed by atoms with E-state index >= 15 is 0 Å². The topological polar surface area (TPSA) is 81.0 Å². The van der Waals surface area contributed by atoms with E-state index in [2.05, 4.69) is 10.1 Å². The normalized spacial score (nSPS) is 11.6. The van der Waals surface area contributed by atoms with Gasteiger partial charge in [-0.15, -0.1) is 11.3 Å². The SMILES string of the molecule is O=C(OCCc1cn[nH]c1C(F)(F)F)c1csc(-c2ccco2)n1. The smallest absolute Gasteiger partial charge is 0.433 e. The molecule has 0 aliphatic rings. The van der Waals surface area contributed by atoms with Crippen molar-refractivity contribution in [1.29, 1.82) is 0 Å². The van der Waals surface area contributed by atoms with Crippen molar-refractivity contribution >= 4 is 17.3 Å². The molecule has 3 aromatic rings. The van der Waals surface area contributed by atoms with Crippen molar-refractivity contribution in [2.24, 2.45) is 0 Å². The van der Waals surface area contributed by atoms with Crippen LogP contribution in [0.2, 0.25) is 0 Å². The highest BCUT2D eigenvalue weighted by molar-refractivity contribution is 7.13. The van der Waals surface area contributed by atoms with Crippen LogP contribution in [0.3, 0.4) is 0 Å². The second kappa shape index (κ2) is 6.48. The van der Waals surface area contributed by atoms with Gasteiger partial charge in [-0.2, -0.15) is 18.3 Å². The van der Waals surface area contributed by atoms with Gasteiger partial charge in [-0.05, 0) is 12.1 Å². The number of hydrogen-bond donors (Lipinski definition) is 1. The molecule has 0 radical (unpaired) electrons. The predicted molar refractivity (Wildman–Crippen MR) is 77.4 cm³/mol. The summed E-state index contributed by atoms with van der Waals surface area (Å²) in [6.07, 6.45) is -2.08. The Morgan fingerprint density at radius 2 is 2.25 bits per heavy atom. The van der Waals surface area contributed by atoms with Crippen LogP contribution in [-0.2, 0) is 17.3 Å². The van der Waals surface area contributed by atoms with E-state index < -0.39 is 17.8 Å². The summed E-state index contributed by atoms with van der Waals surface area (Å²) >= 11 is 1.20. The van der Waals surface area contributed by atoms with Gasteiger partial charge in [0.25, 0.3) is 0 Å². The number of rotatable bonds is 5. The van der Waals surface area contributed by atoms with E-state index in [1.54, 1.807) is 12.1 Å². The van der Waals surface area contributed by atoms with Crippen LogP contribution in [0.5, 0.6) is 0 Å². The first-order chi connectivity index (χ1) is 11.4. The molecule has 1 N–H and O–H groups in total. The lowest BCUT2D eigenvalue weighted by Gasteiger charge is -2.07. The summed E-state index contributed by atoms with van der Waals surface area (Å²) in [4.78, 5) is 16.0. The number of H-pyrrole nitrogens is 1. The molecule has 0 aliphatic heterocycles. The van der Waals surface area contributed by atoms with Crippen molar-refractivity contribution in [2.45, 2.75) is 12.6 Å². The number of ether oxygens (including phenoxy) is 1. The fraction of sp³-hybridized carbons (Fsp3) is 0.214. The summed E-state index contributed by atoms with van der Waals surface area (Å²) in [5.41, 5.74) is -0.924. The molecule has 0 aliphatic carbocycles. The highest BCUT2D eigenvalue weighted by Crippen LogP contribution is 2.30. The minimum Gasteiger partial charge on any atom is -0.462 e. The molecule has 0 fully saturated rings. The van der Waals surface area contributed by atoms with Gasteiger partial charge in [-0.3, -0.25) is 5.10 Å². The fourth-order valence-corrected chi connectivity index (χ4v) is 2.71. The Hall–Kier alpha value is -2.62. The first kappa shape index (κ1) is 16.2. The average Bonchev–Trinajstić information content (AvgIpc) is 3.26. The van der Waals surface area contributed by atoms with Gasteiger partial charge in [0.2, 0.25) is 0 Å². The van der Waals surface area contributed by atoms with Gasteiger partial charge in [0, 0.05) is 17.4 Å². The summed E-state index contributed by atoms with van der Waals surface area (Å²) in [6.45, 7) is -0.213. The maximum Gasteiger partial charge on any atom is 0.433 e. The first-order valence-corrected chi connectivity index (χ1v) is 7.59. The van der Waals surface area contributed by atoms with E-state index in [1.165, 1.54) is 23.0 Å². The predicted octanol–water partition coefficient (Wildman–Crippen LogP) is 3.54. The lowest BCUT2D eigenvalue weighted by atomic mass is 10.2. The molecule has 6 nitrogen and oxygen atoms in total. The zero-order chi connectivity index (χ0) is 17.2. The molecule has 0 spiro atoms. The van der Waals surface area contributed by atoms with Crippen LogP contribution in [0.4, 0.5) is 13.2 Å². The molecule has 0 amide bonds. The summed E-state index contributed by atoms with van der Waals surface area (Å²) < 4.78 is 48.2. The molecule has 0 atom stereocenters. The van der Waals surface area contributed by atoms with E-state index in [4.69, 9.17) is 9.15 Å². The van der Waals surface area contributed by atoms with Crippen molar-refractivity contribution in [3.8, 4) is 10.8 Å². The van der Waals surface area contributed by atoms with Crippen molar-refractivity contribution in [1.82, 2.24) is 15.2 Å². The van der Waals surface area contributed by atoms with Crippen LogP contribution in [0.1, 0.15) is 21.7 Å². The summed E-state index contributed by atoms with van der Waals surface area (Å²) in [5, 5.41) is 7.28. The van der Waals surface area contributed by atoms with Gasteiger partial charge in [0.05, 0.1) is 19.1 Å². The Labute approximate surface area is 137 Å². The average molecular weight is 357 g/mol. The second-order valence-corrected chi connectivity index (χ2v) is 5.53. The van der Waals surface area contributed by atoms with E-state index in [0.29, 0.717) is 10.8 Å². The van der Waals surface area contributed by atoms with E-state index in [-0.39, 0.29) is 24.3 Å². The van der Waals surface area contributed by atoms with Crippen LogP contribution < -0.4 is 0 Å². The highest BCUT2D eigenvalue weighted by atomic mass is 32.1. The van der Waals surface area contributed by atoms with Gasteiger partial charge in [0.15, 0.2) is 16.5 Å². The van der Waals surface area contributed by atoms with Crippen LogP contribution in [0.25, 0.3) is 10.8 Å². The number of carbonyl (C=O) groups is 1. The zero-order valence-corrected chi connectivity index (χ0v) is 12.8. The number of nitrogens with zero attached hydrogens (tertiary/aromatic N) is 2. The van der Waals surface area contributed by atoms with Crippen molar-refractivity contribution in [3.63, 3.8) is 0 Å². The lowest BCUT2D eigenvalue weighted by molar-refractivity contribution is -0.141. The van der Waals surface area contributed by atoms with Crippen molar-refractivity contribution in [3.05, 3.63) is 46.9 Å². The number of hydrogen-bond acceptors (Lipinski definition) is 6. The van der Waals surface area contributed by atoms with E-state index in [1.807, 2.05) is 5.10 Å². The number of esters is 1. The number of halogens is 3. The maximum absolute atomic E-state index is 12.7. The third kappa shape index (κ3) is 3.48. The molecule has 0 aromatic carbocycles. The number of aromatic amines is 1. The molecular weight excluding hydrogens is 347 g/mol. The number of alkyl halides is 3. The van der Waals surface area contributed by atoms with Gasteiger partial charge >= 0.3 is 12.1 Å². The summed E-state index contributed by atoms with van der Waals surface area (Å²) in [7, 11) is 0. The Balaban J connectivity index is 1.58. The van der Waals surface area contributed by atoms with Crippen molar-refractivity contribution < 1.29 is 27.1 Å². The quantitative estimate of drug-likeness (QED) is 0.707. The van der Waals surface area contributed by atoms with Crippen LogP contribution >= 0.6 is 11.3 Å². The van der Waals surface area contributed by atoms with E-state index in [0.717, 1.165) is 6.20 Å². The minimum atomic E-state index is -4.53. The van der Waals surface area contributed by atoms with Crippen LogP contribution in [0.15, 0.2) is 34.4 Å². The number of aromatic nitrogens is 3. The first-order valence-electron chi connectivity index (χ1n) is 6.71. The largest absolute Gasteiger partial charge is 0.462 e. The number of furan rings is 1. The maximum atomic E-state index is 12.7. The molecule has 3 rings (SSSR count). The summed E-state index contributed by atoms with van der Waals surface area (Å²) in [6, 6.07) is 3.39. The Kier molecular flexibility index (Phi) is 4.38. The third-order valence-corrected chi connectivity index (χ3v) is 3.91. The molecular formula is C14H10F3N3O3S. The second-order valence-electron chi connectivity index (χ2n) is 4.67. The standard InChI is InChI=1S/C14H10F3N3O3S/c15-14(16,17)11-8(6-18-20-11)3-5-23-13(21)9-7-24-12(19-9)10-2-1-4-22-10/h1-2,4,6-7H,3,5H2,(H,18,20). The molecule has 0 bridgehead atoms. The van der Waals surface area contributed by atoms with E-state index in [9.17, 15) is 18.0 Å². The number of thiazole rings is 1. The molecule has 0 saturated heterocycles. The Morgan fingerprint density at radius 1 is 1.42 bits per heavy atom. The molecule has 0 saturated carbocycles. The highest BCUT2D eigenvalue weighted by Gasteiger charge is 2.35. The molecule has 10 heteroatoms. The molecule has 3 aromatic heterocycles. The monoisotopic (exact) mass is 357 g/mol. The van der Waals surface area contributed by atoms with Crippen molar-refractivity contribution in [2.75, 3.05) is 6.61 Å².